The minimum Gasteiger partial charge on any atom is -0.395 e. The Bertz CT molecular complexity index is 1060. The van der Waals surface area contributed by atoms with Gasteiger partial charge in [-0.05, 0) is 71.7 Å². The quantitative estimate of drug-likeness (QED) is 0.550. The molecule has 30 heavy (non-hydrogen) atoms. The van der Waals surface area contributed by atoms with Crippen LogP contribution in [-0.2, 0) is 29.1 Å². The molecule has 0 unspecified atom stereocenters. The van der Waals surface area contributed by atoms with E-state index >= 15 is 0 Å². The second-order valence-corrected chi connectivity index (χ2v) is 10.1. The summed E-state index contributed by atoms with van der Waals surface area (Å²) in [7, 11) is -3.43. The first-order valence-electron chi connectivity index (χ1n) is 10.3. The number of rotatable bonds is 9. The molecular formula is C25H29NO3S. The van der Waals surface area contributed by atoms with Gasteiger partial charge in [-0.25, -0.2) is 8.42 Å². The van der Waals surface area contributed by atoms with Gasteiger partial charge in [0.15, 0.2) is 9.84 Å². The Labute approximate surface area is 179 Å². The van der Waals surface area contributed by atoms with Crippen LogP contribution in [0.2, 0.25) is 0 Å². The Balaban J connectivity index is 1.88. The van der Waals surface area contributed by atoms with E-state index in [0.29, 0.717) is 5.92 Å². The van der Waals surface area contributed by atoms with E-state index < -0.39 is 9.84 Å². The van der Waals surface area contributed by atoms with Gasteiger partial charge in [0.1, 0.15) is 0 Å². The maximum absolute atomic E-state index is 12.1. The lowest BCUT2D eigenvalue weighted by molar-refractivity contribution is 0.319. The third-order valence-electron chi connectivity index (χ3n) is 5.12. The van der Waals surface area contributed by atoms with Crippen LogP contribution in [0.15, 0.2) is 71.8 Å². The number of nitrogens with zero attached hydrogens (tertiary/aromatic N) is 1. The van der Waals surface area contributed by atoms with Crippen LogP contribution in [0.1, 0.15) is 30.7 Å². The number of sulfone groups is 1. The van der Waals surface area contributed by atoms with Gasteiger partial charge in [0.05, 0.1) is 17.3 Å². The van der Waals surface area contributed by atoms with E-state index in [4.69, 9.17) is 5.11 Å². The molecule has 0 saturated carbocycles. The van der Waals surface area contributed by atoms with Crippen molar-refractivity contribution in [2.75, 3.05) is 12.4 Å². The number of hydrogen-bond donors (Lipinski definition) is 1. The van der Waals surface area contributed by atoms with Crippen molar-refractivity contribution in [1.82, 2.24) is 4.98 Å². The SMILES string of the molecule is CC(C)Cc1ccc(-c2ccc(S(=O)(=O)CCO)cc2)cc1CCc1ccccn1. The number of pyridine rings is 1. The summed E-state index contributed by atoms with van der Waals surface area (Å²) in [5, 5.41) is 8.96. The van der Waals surface area contributed by atoms with Crippen molar-refractivity contribution in [2.45, 2.75) is 38.0 Å². The molecule has 2 aromatic carbocycles. The number of aliphatic hydroxyl groups excluding tert-OH is 1. The lowest BCUT2D eigenvalue weighted by atomic mass is 9.91. The third kappa shape index (κ3) is 5.77. The van der Waals surface area contributed by atoms with Crippen LogP contribution in [0.25, 0.3) is 11.1 Å². The first-order valence-corrected chi connectivity index (χ1v) is 12.0. The van der Waals surface area contributed by atoms with Gasteiger partial charge in [0, 0.05) is 11.9 Å². The van der Waals surface area contributed by atoms with Gasteiger partial charge < -0.3 is 5.11 Å². The molecule has 0 spiro atoms. The largest absolute Gasteiger partial charge is 0.395 e. The molecule has 0 radical (unpaired) electrons. The van der Waals surface area contributed by atoms with Crippen LogP contribution in [0.4, 0.5) is 0 Å². The molecule has 4 nitrogen and oxygen atoms in total. The molecule has 0 aliphatic heterocycles. The van der Waals surface area contributed by atoms with Crippen LogP contribution >= 0.6 is 0 Å². The van der Waals surface area contributed by atoms with Gasteiger partial charge >= 0.3 is 0 Å². The van der Waals surface area contributed by atoms with Crippen molar-refractivity contribution < 1.29 is 13.5 Å². The zero-order valence-corrected chi connectivity index (χ0v) is 18.4. The highest BCUT2D eigenvalue weighted by Crippen LogP contribution is 2.26. The number of hydrogen-bond acceptors (Lipinski definition) is 4. The molecule has 5 heteroatoms. The van der Waals surface area contributed by atoms with E-state index in [1.807, 2.05) is 30.5 Å². The average molecular weight is 424 g/mol. The van der Waals surface area contributed by atoms with E-state index in [1.54, 1.807) is 12.1 Å². The number of aromatic nitrogens is 1. The molecule has 0 amide bonds. The molecule has 0 atom stereocenters. The lowest BCUT2D eigenvalue weighted by Gasteiger charge is -2.14. The summed E-state index contributed by atoms with van der Waals surface area (Å²) in [6.45, 7) is 4.07. The summed E-state index contributed by atoms with van der Waals surface area (Å²) >= 11 is 0. The molecule has 1 N–H and O–H groups in total. The fraction of sp³-hybridized carbons (Fsp3) is 0.320. The Morgan fingerprint density at radius 3 is 2.27 bits per heavy atom. The predicted octanol–water partition coefficient (Wildman–Crippen LogP) is 4.50. The van der Waals surface area contributed by atoms with Crippen molar-refractivity contribution in [3.8, 4) is 11.1 Å². The fourth-order valence-electron chi connectivity index (χ4n) is 3.58. The van der Waals surface area contributed by atoms with Gasteiger partial charge in [-0.1, -0.05) is 50.2 Å². The first kappa shape index (κ1) is 22.2. The van der Waals surface area contributed by atoms with Crippen molar-refractivity contribution in [3.05, 3.63) is 83.7 Å². The van der Waals surface area contributed by atoms with Gasteiger partial charge in [0.2, 0.25) is 0 Å². The Morgan fingerprint density at radius 1 is 0.900 bits per heavy atom. The average Bonchev–Trinajstić information content (AvgIpc) is 2.73. The second kappa shape index (κ2) is 10.0. The summed E-state index contributed by atoms with van der Waals surface area (Å²) in [6, 6.07) is 19.4. The molecule has 3 rings (SSSR count). The molecule has 0 bridgehead atoms. The standard InChI is InChI=1S/C25H29NO3S/c1-19(2)17-21-6-7-22(18-23(21)8-11-24-5-3-4-14-26-24)20-9-12-25(13-10-20)30(28,29)16-15-27/h3-7,9-10,12-14,18-19,27H,8,11,15-17H2,1-2H3. The first-order chi connectivity index (χ1) is 14.4. The minimum atomic E-state index is -3.43. The monoisotopic (exact) mass is 423 g/mol. The number of benzene rings is 2. The zero-order chi connectivity index (χ0) is 21.6. The maximum atomic E-state index is 12.1. The van der Waals surface area contributed by atoms with Crippen molar-refractivity contribution in [2.24, 2.45) is 5.92 Å². The van der Waals surface area contributed by atoms with E-state index in [1.165, 1.54) is 11.1 Å². The molecular weight excluding hydrogens is 394 g/mol. The maximum Gasteiger partial charge on any atom is 0.180 e. The molecule has 0 aliphatic carbocycles. The molecule has 158 valence electrons. The molecule has 0 fully saturated rings. The van der Waals surface area contributed by atoms with Crippen LogP contribution in [0.3, 0.4) is 0 Å². The summed E-state index contributed by atoms with van der Waals surface area (Å²) in [5.74, 6) is 0.314. The molecule has 1 aromatic heterocycles. The van der Waals surface area contributed by atoms with Gasteiger partial charge in [-0.15, -0.1) is 0 Å². The van der Waals surface area contributed by atoms with Crippen molar-refractivity contribution >= 4 is 9.84 Å². The van der Waals surface area contributed by atoms with Gasteiger partial charge in [-0.2, -0.15) is 0 Å². The van der Waals surface area contributed by atoms with Crippen molar-refractivity contribution in [3.63, 3.8) is 0 Å². The van der Waals surface area contributed by atoms with Crippen LogP contribution < -0.4 is 0 Å². The third-order valence-corrected chi connectivity index (χ3v) is 6.83. The fourth-order valence-corrected chi connectivity index (χ4v) is 4.61. The van der Waals surface area contributed by atoms with Crippen molar-refractivity contribution in [1.29, 1.82) is 0 Å². The molecule has 1 heterocycles. The van der Waals surface area contributed by atoms with E-state index in [0.717, 1.165) is 36.1 Å². The molecule has 0 saturated heterocycles. The summed E-state index contributed by atoms with van der Waals surface area (Å²) in [6.07, 6.45) is 4.65. The van der Waals surface area contributed by atoms with Gasteiger partial charge in [-0.3, -0.25) is 4.98 Å². The highest BCUT2D eigenvalue weighted by Gasteiger charge is 2.14. The Hall–Kier alpha value is -2.50. The minimum absolute atomic E-state index is 0.243. The normalized spacial score (nSPS) is 11.7. The smallest absolute Gasteiger partial charge is 0.180 e. The number of aryl methyl sites for hydroxylation is 2. The van der Waals surface area contributed by atoms with Crippen LogP contribution in [0, 0.1) is 5.92 Å². The van der Waals surface area contributed by atoms with Gasteiger partial charge in [0.25, 0.3) is 0 Å². The second-order valence-electron chi connectivity index (χ2n) is 7.97. The van der Waals surface area contributed by atoms with E-state index in [2.05, 4.69) is 43.1 Å². The molecule has 0 aliphatic rings. The highest BCUT2D eigenvalue weighted by molar-refractivity contribution is 7.91. The number of aliphatic hydroxyl groups is 1. The van der Waals surface area contributed by atoms with E-state index in [9.17, 15) is 8.42 Å². The predicted molar refractivity (Wildman–Crippen MR) is 121 cm³/mol. The van der Waals surface area contributed by atoms with E-state index in [-0.39, 0.29) is 17.3 Å². The Morgan fingerprint density at radius 2 is 1.63 bits per heavy atom. The van der Waals surface area contributed by atoms with Crippen LogP contribution in [-0.4, -0.2) is 30.9 Å². The highest BCUT2D eigenvalue weighted by atomic mass is 32.2. The zero-order valence-electron chi connectivity index (χ0n) is 17.6. The Kier molecular flexibility index (Phi) is 7.40. The lowest BCUT2D eigenvalue weighted by Crippen LogP contribution is -2.09. The summed E-state index contributed by atoms with van der Waals surface area (Å²) in [4.78, 5) is 4.68. The summed E-state index contributed by atoms with van der Waals surface area (Å²) < 4.78 is 24.3. The topological polar surface area (TPSA) is 67.3 Å². The molecule has 3 aromatic rings. The van der Waals surface area contributed by atoms with Crippen LogP contribution in [0.5, 0.6) is 0 Å². The summed E-state index contributed by atoms with van der Waals surface area (Å²) in [5.41, 5.74) is 5.80.